The van der Waals surface area contributed by atoms with E-state index in [1.165, 1.54) is 7.11 Å². The number of hydrogen-bond donors (Lipinski definition) is 2. The number of ether oxygens (including phenoxy) is 4. The first-order valence-corrected chi connectivity index (χ1v) is 11.6. The Labute approximate surface area is 226 Å². The number of pyridine rings is 1. The number of aromatic nitrogens is 1. The largest absolute Gasteiger partial charge is 0.493 e. The smallest absolute Gasteiger partial charge is 0.490 e. The number of anilines is 1. The van der Waals surface area contributed by atoms with Crippen molar-refractivity contribution >= 4 is 28.5 Å². The van der Waals surface area contributed by atoms with Gasteiger partial charge in [-0.15, -0.1) is 0 Å². The number of fused-ring (bicyclic) bond motifs is 1. The average molecular weight is 559 g/mol. The molecule has 1 unspecified atom stereocenters. The van der Waals surface area contributed by atoms with Crippen LogP contribution in [0.4, 0.5) is 19.0 Å². The predicted molar refractivity (Wildman–Crippen MR) is 139 cm³/mol. The summed E-state index contributed by atoms with van der Waals surface area (Å²) < 4.78 is 54.2. The van der Waals surface area contributed by atoms with Crippen molar-refractivity contribution in [1.29, 1.82) is 0 Å². The summed E-state index contributed by atoms with van der Waals surface area (Å²) in [4.78, 5) is 26.1. The van der Waals surface area contributed by atoms with Crippen LogP contribution in [0.1, 0.15) is 17.2 Å². The molecule has 1 heterocycles. The van der Waals surface area contributed by atoms with Crippen molar-refractivity contribution in [2.75, 3.05) is 20.0 Å². The number of carbonyl (C=O) groups is 2. The molecule has 12 heteroatoms. The van der Waals surface area contributed by atoms with Gasteiger partial charge in [-0.3, -0.25) is 0 Å². The van der Waals surface area contributed by atoms with E-state index in [-0.39, 0.29) is 6.61 Å². The molecule has 0 amide bonds. The van der Waals surface area contributed by atoms with Crippen molar-refractivity contribution < 1.29 is 46.8 Å². The first-order chi connectivity index (χ1) is 19.0. The molecule has 9 nitrogen and oxygen atoms in total. The molecule has 0 radical (unpaired) electrons. The van der Waals surface area contributed by atoms with Crippen LogP contribution in [0.2, 0.25) is 0 Å². The Bertz CT molecular complexity index is 1460. The molecular weight excluding hydrogens is 533 g/mol. The minimum absolute atomic E-state index is 0.132. The summed E-state index contributed by atoms with van der Waals surface area (Å²) in [6.45, 7) is 0.132. The Kier molecular flexibility index (Phi) is 9.74. The molecule has 4 rings (SSSR count). The lowest BCUT2D eigenvalue weighted by atomic mass is 10.1. The highest BCUT2D eigenvalue weighted by Gasteiger charge is 2.38. The van der Waals surface area contributed by atoms with E-state index in [9.17, 15) is 18.0 Å². The molecule has 0 spiro atoms. The van der Waals surface area contributed by atoms with Crippen molar-refractivity contribution in [3.63, 3.8) is 0 Å². The predicted octanol–water partition coefficient (Wildman–Crippen LogP) is 5.33. The van der Waals surface area contributed by atoms with Gasteiger partial charge in [-0.1, -0.05) is 36.4 Å². The second-order valence-corrected chi connectivity index (χ2v) is 8.09. The number of alkyl halides is 3. The molecule has 0 fully saturated rings. The SMILES string of the molecule is COc1ccc(C(Oc2ccc3c(N)nccc3c2)C(=O)OCc2ccccc2)cc1OC.O=C(O)C(F)(F)F. The Hall–Kier alpha value is -5.00. The van der Waals surface area contributed by atoms with Crippen molar-refractivity contribution in [1.82, 2.24) is 4.98 Å². The van der Waals surface area contributed by atoms with Crippen molar-refractivity contribution in [2.24, 2.45) is 0 Å². The third-order valence-electron chi connectivity index (χ3n) is 5.41. The number of methoxy groups -OCH3 is 2. The summed E-state index contributed by atoms with van der Waals surface area (Å²) >= 11 is 0. The number of nitrogens with two attached hydrogens (primary N) is 1. The molecule has 40 heavy (non-hydrogen) atoms. The number of aliphatic carboxylic acids is 1. The Morgan fingerprint density at radius 1 is 0.950 bits per heavy atom. The number of carboxylic acid groups (broad SMARTS) is 1. The number of carbonyl (C=O) groups excluding carboxylic acids is 1. The van der Waals surface area contributed by atoms with E-state index in [1.54, 1.807) is 37.6 Å². The van der Waals surface area contributed by atoms with Crippen LogP contribution < -0.4 is 19.9 Å². The summed E-state index contributed by atoms with van der Waals surface area (Å²) in [5.74, 6) is -1.33. The Morgan fingerprint density at radius 3 is 2.25 bits per heavy atom. The van der Waals surface area contributed by atoms with Gasteiger partial charge in [0.25, 0.3) is 0 Å². The number of halogens is 3. The van der Waals surface area contributed by atoms with Crippen molar-refractivity contribution in [3.8, 4) is 17.2 Å². The first-order valence-electron chi connectivity index (χ1n) is 11.6. The molecule has 0 aliphatic rings. The van der Waals surface area contributed by atoms with E-state index in [0.29, 0.717) is 28.6 Å². The zero-order chi connectivity index (χ0) is 29.3. The summed E-state index contributed by atoms with van der Waals surface area (Å²) in [6.07, 6.45) is -4.48. The molecule has 4 aromatic rings. The van der Waals surface area contributed by atoms with E-state index in [1.807, 2.05) is 48.5 Å². The molecule has 0 saturated heterocycles. The van der Waals surface area contributed by atoms with Crippen LogP contribution in [0.15, 0.2) is 79.0 Å². The Balaban J connectivity index is 0.000000559. The zero-order valence-corrected chi connectivity index (χ0v) is 21.3. The van der Waals surface area contributed by atoms with Gasteiger partial charge in [0.15, 0.2) is 11.5 Å². The van der Waals surface area contributed by atoms with E-state index >= 15 is 0 Å². The number of carboxylic acids is 1. The lowest BCUT2D eigenvalue weighted by Crippen LogP contribution is -2.21. The summed E-state index contributed by atoms with van der Waals surface area (Å²) in [5.41, 5.74) is 7.40. The molecule has 0 aliphatic carbocycles. The summed E-state index contributed by atoms with van der Waals surface area (Å²) in [7, 11) is 3.09. The van der Waals surface area contributed by atoms with E-state index in [0.717, 1.165) is 16.3 Å². The van der Waals surface area contributed by atoms with Crippen molar-refractivity contribution in [2.45, 2.75) is 18.9 Å². The minimum Gasteiger partial charge on any atom is -0.493 e. The van der Waals surface area contributed by atoms with Gasteiger partial charge in [0.1, 0.15) is 18.2 Å². The van der Waals surface area contributed by atoms with Crippen LogP contribution in [0.5, 0.6) is 17.2 Å². The molecule has 1 atom stereocenters. The van der Waals surface area contributed by atoms with Crippen LogP contribution in [-0.2, 0) is 20.9 Å². The second-order valence-electron chi connectivity index (χ2n) is 8.09. The van der Waals surface area contributed by atoms with E-state index in [2.05, 4.69) is 4.98 Å². The first kappa shape index (κ1) is 29.6. The quantitative estimate of drug-likeness (QED) is 0.276. The monoisotopic (exact) mass is 558 g/mol. The fraction of sp³-hybridized carbons (Fsp3) is 0.179. The summed E-state index contributed by atoms with van der Waals surface area (Å²) in [6, 6.07) is 21.8. The van der Waals surface area contributed by atoms with Gasteiger partial charge in [-0.05, 0) is 47.3 Å². The lowest BCUT2D eigenvalue weighted by Gasteiger charge is -2.20. The molecule has 1 aromatic heterocycles. The van der Waals surface area contributed by atoms with Gasteiger partial charge in [-0.2, -0.15) is 13.2 Å². The third-order valence-corrected chi connectivity index (χ3v) is 5.41. The zero-order valence-electron chi connectivity index (χ0n) is 21.3. The van der Waals surface area contributed by atoms with Gasteiger partial charge < -0.3 is 29.8 Å². The molecule has 0 saturated carbocycles. The highest BCUT2D eigenvalue weighted by molar-refractivity contribution is 5.91. The number of nitrogens with zero attached hydrogens (tertiary/aromatic N) is 1. The van der Waals surface area contributed by atoms with Gasteiger partial charge in [0.05, 0.1) is 14.2 Å². The van der Waals surface area contributed by atoms with E-state index in [4.69, 9.17) is 34.6 Å². The minimum atomic E-state index is -5.08. The maximum absolute atomic E-state index is 13.1. The number of rotatable bonds is 8. The maximum atomic E-state index is 13.1. The highest BCUT2D eigenvalue weighted by atomic mass is 19.4. The standard InChI is InChI=1S/C26H24N2O5.C2HF3O2/c1-30-22-11-8-19(15-23(22)31-2)24(26(29)32-16-17-6-4-3-5-7-17)33-20-9-10-21-18(14-20)12-13-28-25(21)27;3-2(4,5)1(6)7/h3-15,24H,16H2,1-2H3,(H2,27,28);(H,6,7). The molecule has 3 N–H and O–H groups in total. The van der Waals surface area contributed by atoms with Crippen LogP contribution in [0.3, 0.4) is 0 Å². The third kappa shape index (κ3) is 7.76. The average Bonchev–Trinajstić information content (AvgIpc) is 2.94. The molecular formula is C28H25F3N2O7. The van der Waals surface area contributed by atoms with Crippen LogP contribution >= 0.6 is 0 Å². The maximum Gasteiger partial charge on any atom is 0.490 e. The number of nitrogen functional groups attached to an aromatic ring is 1. The van der Waals surface area contributed by atoms with Gasteiger partial charge in [0.2, 0.25) is 6.10 Å². The van der Waals surface area contributed by atoms with Crippen LogP contribution in [0.25, 0.3) is 10.8 Å². The van der Waals surface area contributed by atoms with Gasteiger partial charge in [0, 0.05) is 17.1 Å². The highest BCUT2D eigenvalue weighted by Crippen LogP contribution is 2.33. The van der Waals surface area contributed by atoms with E-state index < -0.39 is 24.2 Å². The summed E-state index contributed by atoms with van der Waals surface area (Å²) in [5, 5.41) is 8.78. The molecule has 0 aliphatic heterocycles. The fourth-order valence-electron chi connectivity index (χ4n) is 3.46. The van der Waals surface area contributed by atoms with Gasteiger partial charge >= 0.3 is 18.1 Å². The lowest BCUT2D eigenvalue weighted by molar-refractivity contribution is -0.192. The number of benzene rings is 3. The molecule has 210 valence electrons. The topological polar surface area (TPSA) is 130 Å². The fourth-order valence-corrected chi connectivity index (χ4v) is 3.46. The number of hydrogen-bond acceptors (Lipinski definition) is 8. The number of esters is 1. The molecule has 0 bridgehead atoms. The van der Waals surface area contributed by atoms with Crippen molar-refractivity contribution in [3.05, 3.63) is 90.1 Å². The Morgan fingerprint density at radius 2 is 1.62 bits per heavy atom. The second kappa shape index (κ2) is 13.2. The molecule has 3 aromatic carbocycles. The van der Waals surface area contributed by atoms with Crippen LogP contribution in [-0.4, -0.2) is 42.4 Å². The van der Waals surface area contributed by atoms with Crippen LogP contribution in [0, 0.1) is 0 Å². The normalized spacial score (nSPS) is 11.5. The van der Waals surface area contributed by atoms with Gasteiger partial charge in [-0.25, -0.2) is 14.6 Å².